The van der Waals surface area contributed by atoms with Crippen molar-refractivity contribution in [2.75, 3.05) is 19.3 Å². The Kier molecular flexibility index (Phi) is 10.3. The van der Waals surface area contributed by atoms with Crippen molar-refractivity contribution in [2.45, 2.75) is 108 Å². The molecule has 1 saturated heterocycles. The van der Waals surface area contributed by atoms with Crippen LogP contribution in [-0.2, 0) is 25.8 Å². The van der Waals surface area contributed by atoms with E-state index >= 15 is 0 Å². The molecule has 1 heterocycles. The Bertz CT molecular complexity index is 1080. The number of rotatable bonds is 10. The van der Waals surface area contributed by atoms with Gasteiger partial charge in [0.15, 0.2) is 9.84 Å². The van der Waals surface area contributed by atoms with Crippen LogP contribution in [0.2, 0.25) is 0 Å². The highest BCUT2D eigenvalue weighted by atomic mass is 32.2. The molecule has 1 aliphatic heterocycles. The molecule has 8 nitrogen and oxygen atoms in total. The number of fused-ring (bicyclic) bond motifs is 1. The molecule has 220 valence electrons. The van der Waals surface area contributed by atoms with Crippen LogP contribution < -0.4 is 10.6 Å². The summed E-state index contributed by atoms with van der Waals surface area (Å²) in [6.45, 7) is 9.99. The van der Waals surface area contributed by atoms with Gasteiger partial charge in [0, 0.05) is 31.3 Å². The van der Waals surface area contributed by atoms with E-state index in [0.29, 0.717) is 18.3 Å². The molecule has 0 spiro atoms. The summed E-state index contributed by atoms with van der Waals surface area (Å²) in [5.41, 5.74) is 0.596. The smallest absolute Gasteiger partial charge is 0.237 e. The lowest BCUT2D eigenvalue weighted by molar-refractivity contribution is -0.133. The van der Waals surface area contributed by atoms with Crippen LogP contribution >= 0.6 is 0 Å². The highest BCUT2D eigenvalue weighted by Gasteiger charge is 2.42. The summed E-state index contributed by atoms with van der Waals surface area (Å²) in [4.78, 5) is 28.6. The number of carbonyl (C=O) groups excluding carboxylic acids is 2. The number of nitrogens with one attached hydrogen (secondary N) is 2. The lowest BCUT2D eigenvalue weighted by Gasteiger charge is -2.47. The molecule has 2 aliphatic rings. The van der Waals surface area contributed by atoms with Crippen molar-refractivity contribution >= 4 is 21.7 Å². The summed E-state index contributed by atoms with van der Waals surface area (Å²) < 4.78 is 23.2. The number of nitrogens with zero attached hydrogens (tertiary/aromatic N) is 1. The number of hydrogen-bond donors (Lipinski definition) is 3. The Hall–Kier alpha value is -1.97. The summed E-state index contributed by atoms with van der Waals surface area (Å²) in [6.07, 6.45) is 5.83. The quantitative estimate of drug-likeness (QED) is 0.403. The molecule has 3 rings (SSSR count). The minimum Gasteiger partial charge on any atom is -0.390 e. The van der Waals surface area contributed by atoms with Gasteiger partial charge in [0.25, 0.3) is 0 Å². The van der Waals surface area contributed by atoms with E-state index in [1.807, 2.05) is 51.1 Å². The van der Waals surface area contributed by atoms with Crippen LogP contribution in [0.15, 0.2) is 30.3 Å². The largest absolute Gasteiger partial charge is 0.390 e. The fourth-order valence-corrected chi connectivity index (χ4v) is 6.31. The normalized spacial score (nSPS) is 24.3. The Morgan fingerprint density at radius 2 is 1.67 bits per heavy atom. The number of likely N-dealkylation sites (tertiary alicyclic amines) is 1. The van der Waals surface area contributed by atoms with E-state index in [-0.39, 0.29) is 30.5 Å². The van der Waals surface area contributed by atoms with Gasteiger partial charge in [0.05, 0.1) is 22.9 Å². The van der Waals surface area contributed by atoms with Crippen LogP contribution in [0.5, 0.6) is 0 Å². The van der Waals surface area contributed by atoms with E-state index in [0.717, 1.165) is 37.6 Å². The minimum absolute atomic E-state index is 0.0164. The van der Waals surface area contributed by atoms with Gasteiger partial charge in [-0.05, 0) is 71.3 Å². The molecule has 1 aromatic carbocycles. The van der Waals surface area contributed by atoms with Gasteiger partial charge in [-0.3, -0.25) is 14.5 Å². The number of hydrogen-bond acceptors (Lipinski definition) is 6. The van der Waals surface area contributed by atoms with Gasteiger partial charge in [-0.1, -0.05) is 49.6 Å². The molecule has 0 radical (unpaired) electrons. The van der Waals surface area contributed by atoms with E-state index in [1.54, 1.807) is 0 Å². The molecule has 2 amide bonds. The molecule has 3 N–H and O–H groups in total. The van der Waals surface area contributed by atoms with Gasteiger partial charge in [-0.15, -0.1) is 0 Å². The van der Waals surface area contributed by atoms with Crippen molar-refractivity contribution in [3.05, 3.63) is 35.9 Å². The molecule has 5 atom stereocenters. The standard InChI is InChI=1S/C30H49N3O5S/c1-29(2,3)32-28(36)25-17-22-14-10-11-15-23(22)19-33(25)20-26(34)24(16-21-12-8-7-9-13-21)31-27(35)18-30(4,5)39(6,37)38/h7-9,12-13,22-26,34H,10-11,14-20H2,1-6H3,(H,31,35)(H,32,36)/t22?,23?,24-,25-,26+/m0/s1. The zero-order valence-electron chi connectivity index (χ0n) is 24.6. The maximum atomic E-state index is 13.4. The number of aliphatic hydroxyl groups excluding tert-OH is 1. The Morgan fingerprint density at radius 3 is 2.26 bits per heavy atom. The van der Waals surface area contributed by atoms with E-state index in [4.69, 9.17) is 0 Å². The van der Waals surface area contributed by atoms with Gasteiger partial charge >= 0.3 is 0 Å². The van der Waals surface area contributed by atoms with Crippen molar-refractivity contribution < 1.29 is 23.1 Å². The average Bonchev–Trinajstić information content (AvgIpc) is 2.81. The second kappa shape index (κ2) is 12.7. The molecule has 0 aromatic heterocycles. The monoisotopic (exact) mass is 563 g/mol. The number of sulfone groups is 1. The number of piperidine rings is 1. The topological polar surface area (TPSA) is 116 Å². The second-order valence-corrected chi connectivity index (χ2v) is 16.0. The van der Waals surface area contributed by atoms with Crippen LogP contribution in [0.3, 0.4) is 0 Å². The molecule has 0 bridgehead atoms. The van der Waals surface area contributed by atoms with E-state index < -0.39 is 32.6 Å². The van der Waals surface area contributed by atoms with E-state index in [1.165, 1.54) is 26.7 Å². The summed E-state index contributed by atoms with van der Waals surface area (Å²) in [7, 11) is -3.45. The van der Waals surface area contributed by atoms with Crippen LogP contribution in [0.25, 0.3) is 0 Å². The lowest BCUT2D eigenvalue weighted by atomic mass is 9.72. The summed E-state index contributed by atoms with van der Waals surface area (Å²) in [5, 5.41) is 17.6. The van der Waals surface area contributed by atoms with Gasteiger partial charge in [-0.2, -0.15) is 0 Å². The van der Waals surface area contributed by atoms with Gasteiger partial charge < -0.3 is 15.7 Å². The van der Waals surface area contributed by atoms with Crippen molar-refractivity contribution in [2.24, 2.45) is 11.8 Å². The van der Waals surface area contributed by atoms with Gasteiger partial charge in [0.2, 0.25) is 11.8 Å². The number of β-amino-alcohol motifs (C(OH)–C–C–N with tert-alkyl or cyclic N) is 1. The molecular formula is C30H49N3O5S. The maximum absolute atomic E-state index is 13.4. The number of aliphatic hydroxyl groups is 1. The molecule has 39 heavy (non-hydrogen) atoms. The first-order valence-corrected chi connectivity index (χ1v) is 16.2. The van der Waals surface area contributed by atoms with Crippen LogP contribution in [0, 0.1) is 11.8 Å². The minimum atomic E-state index is -3.45. The average molecular weight is 564 g/mol. The van der Waals surface area contributed by atoms with Crippen molar-refractivity contribution in [3.63, 3.8) is 0 Å². The van der Waals surface area contributed by atoms with Gasteiger partial charge in [0.1, 0.15) is 0 Å². The Labute approximate surface area is 235 Å². The number of benzene rings is 1. The van der Waals surface area contributed by atoms with E-state index in [9.17, 15) is 23.1 Å². The van der Waals surface area contributed by atoms with Crippen LogP contribution in [-0.4, -0.2) is 78.1 Å². The van der Waals surface area contributed by atoms with Gasteiger partial charge in [-0.25, -0.2) is 8.42 Å². The zero-order valence-corrected chi connectivity index (χ0v) is 25.4. The maximum Gasteiger partial charge on any atom is 0.237 e. The lowest BCUT2D eigenvalue weighted by Crippen LogP contribution is -2.60. The summed E-state index contributed by atoms with van der Waals surface area (Å²) in [5.74, 6) is 0.582. The Morgan fingerprint density at radius 1 is 1.05 bits per heavy atom. The summed E-state index contributed by atoms with van der Waals surface area (Å²) >= 11 is 0. The summed E-state index contributed by atoms with van der Waals surface area (Å²) in [6, 6.07) is 8.65. The third kappa shape index (κ3) is 9.02. The molecule has 1 aromatic rings. The Balaban J connectivity index is 1.81. The third-order valence-electron chi connectivity index (χ3n) is 8.42. The van der Waals surface area contributed by atoms with Crippen molar-refractivity contribution in [1.82, 2.24) is 15.5 Å². The number of carbonyl (C=O) groups is 2. The highest BCUT2D eigenvalue weighted by molar-refractivity contribution is 7.92. The SMILES string of the molecule is CC(C)(C)NC(=O)[C@@H]1CC2CCCCC2CN1C[C@@H](O)[C@H](Cc1ccccc1)NC(=O)CC(C)(C)S(C)(=O)=O. The predicted octanol–water partition coefficient (Wildman–Crippen LogP) is 3.08. The zero-order chi connectivity index (χ0) is 29.0. The first-order chi connectivity index (χ1) is 18.1. The molecule has 1 aliphatic carbocycles. The highest BCUT2D eigenvalue weighted by Crippen LogP contribution is 2.39. The molecule has 2 fully saturated rings. The van der Waals surface area contributed by atoms with Crippen LogP contribution in [0.1, 0.15) is 78.7 Å². The molecule has 1 saturated carbocycles. The third-order valence-corrected chi connectivity index (χ3v) is 10.6. The molecule has 9 heteroatoms. The first-order valence-electron chi connectivity index (χ1n) is 14.3. The predicted molar refractivity (Wildman–Crippen MR) is 155 cm³/mol. The van der Waals surface area contributed by atoms with Crippen molar-refractivity contribution in [1.29, 1.82) is 0 Å². The van der Waals surface area contributed by atoms with Crippen LogP contribution in [0.4, 0.5) is 0 Å². The van der Waals surface area contributed by atoms with Crippen molar-refractivity contribution in [3.8, 4) is 0 Å². The second-order valence-electron chi connectivity index (χ2n) is 13.4. The molecular weight excluding hydrogens is 514 g/mol. The van der Waals surface area contributed by atoms with E-state index in [2.05, 4.69) is 15.5 Å². The first kappa shape index (κ1) is 31.6. The molecule has 2 unspecified atom stereocenters. The fraction of sp³-hybridized carbons (Fsp3) is 0.733. The number of amides is 2. The fourth-order valence-electron chi connectivity index (χ4n) is 5.92.